The lowest BCUT2D eigenvalue weighted by molar-refractivity contribution is -0.133. The van der Waals surface area contributed by atoms with Gasteiger partial charge in [-0.05, 0) is 18.1 Å². The van der Waals surface area contributed by atoms with Crippen molar-refractivity contribution >= 4 is 23.4 Å². The number of amides is 2. The van der Waals surface area contributed by atoms with Crippen LogP contribution in [0.1, 0.15) is 18.9 Å². The van der Waals surface area contributed by atoms with Crippen LogP contribution in [0.25, 0.3) is 0 Å². The van der Waals surface area contributed by atoms with Gasteiger partial charge in [0.05, 0.1) is 25.7 Å². The van der Waals surface area contributed by atoms with Gasteiger partial charge in [0.2, 0.25) is 11.8 Å². The highest BCUT2D eigenvalue weighted by Gasteiger charge is 2.32. The minimum Gasteiger partial charge on any atom is -0.379 e. The van der Waals surface area contributed by atoms with E-state index in [1.54, 1.807) is 13.0 Å². The fourth-order valence-electron chi connectivity index (χ4n) is 3.81. The first-order valence-electron chi connectivity index (χ1n) is 9.63. The molecule has 2 fully saturated rings. The topological polar surface area (TPSA) is 53.1 Å². The Morgan fingerprint density at radius 3 is 2.67 bits per heavy atom. The molecule has 0 saturated carbocycles. The third-order valence-electron chi connectivity index (χ3n) is 5.42. The lowest BCUT2D eigenvalue weighted by Gasteiger charge is -2.32. The molecule has 27 heavy (non-hydrogen) atoms. The van der Waals surface area contributed by atoms with E-state index in [0.29, 0.717) is 31.1 Å². The van der Waals surface area contributed by atoms with Gasteiger partial charge in [0.25, 0.3) is 0 Å². The normalized spacial score (nSPS) is 20.7. The highest BCUT2D eigenvalue weighted by atomic mass is 35.5. The van der Waals surface area contributed by atoms with Gasteiger partial charge in [0.1, 0.15) is 0 Å². The number of benzene rings is 1. The maximum Gasteiger partial charge on any atom is 0.227 e. The Labute approximate surface area is 166 Å². The van der Waals surface area contributed by atoms with Gasteiger partial charge in [-0.15, -0.1) is 0 Å². The predicted octanol–water partition coefficient (Wildman–Crippen LogP) is 1.66. The highest BCUT2D eigenvalue weighted by Crippen LogP contribution is 2.20. The number of carbonyl (C=O) groups is 2. The minimum atomic E-state index is 0.0716. The molecule has 2 amide bonds. The number of likely N-dealkylation sites (tertiary alicyclic amines) is 1. The second-order valence-electron chi connectivity index (χ2n) is 7.22. The molecule has 0 aliphatic carbocycles. The summed E-state index contributed by atoms with van der Waals surface area (Å²) in [4.78, 5) is 30.9. The molecule has 0 spiro atoms. The van der Waals surface area contributed by atoms with Crippen LogP contribution in [-0.4, -0.2) is 85.0 Å². The zero-order chi connectivity index (χ0) is 19.2. The van der Waals surface area contributed by atoms with Crippen LogP contribution in [0.5, 0.6) is 0 Å². The number of rotatable bonds is 6. The molecule has 2 aliphatic rings. The van der Waals surface area contributed by atoms with Crippen LogP contribution in [0.3, 0.4) is 0 Å². The molecule has 1 aromatic carbocycles. The van der Waals surface area contributed by atoms with Gasteiger partial charge < -0.3 is 14.5 Å². The van der Waals surface area contributed by atoms with E-state index in [1.807, 2.05) is 28.0 Å². The monoisotopic (exact) mass is 393 g/mol. The predicted molar refractivity (Wildman–Crippen MR) is 105 cm³/mol. The first-order chi connectivity index (χ1) is 13.0. The SMILES string of the molecule is CC(=O)N(CCN1CCOCC1)C1CCN(C(=O)Cc2ccccc2Cl)C1. The highest BCUT2D eigenvalue weighted by molar-refractivity contribution is 6.31. The van der Waals surface area contributed by atoms with Crippen LogP contribution >= 0.6 is 11.6 Å². The number of nitrogens with zero attached hydrogens (tertiary/aromatic N) is 3. The van der Waals surface area contributed by atoms with Crippen LogP contribution in [0.2, 0.25) is 5.02 Å². The van der Waals surface area contributed by atoms with Crippen molar-refractivity contribution < 1.29 is 14.3 Å². The Morgan fingerprint density at radius 1 is 1.22 bits per heavy atom. The molecule has 6 nitrogen and oxygen atoms in total. The van der Waals surface area contributed by atoms with Gasteiger partial charge in [-0.3, -0.25) is 14.5 Å². The molecule has 2 heterocycles. The maximum atomic E-state index is 12.7. The number of halogens is 1. The third kappa shape index (κ3) is 5.43. The molecule has 7 heteroatoms. The smallest absolute Gasteiger partial charge is 0.227 e. The molecule has 0 radical (unpaired) electrons. The summed E-state index contributed by atoms with van der Waals surface area (Å²) in [7, 11) is 0. The van der Waals surface area contributed by atoms with Crippen molar-refractivity contribution in [2.45, 2.75) is 25.8 Å². The maximum absolute atomic E-state index is 12.7. The summed E-state index contributed by atoms with van der Waals surface area (Å²) in [5, 5.41) is 0.623. The summed E-state index contributed by atoms with van der Waals surface area (Å²) in [6.07, 6.45) is 1.14. The molecule has 2 aliphatic heterocycles. The largest absolute Gasteiger partial charge is 0.379 e. The average molecular weight is 394 g/mol. The average Bonchev–Trinajstić information content (AvgIpc) is 3.14. The summed E-state index contributed by atoms with van der Waals surface area (Å²) in [5.41, 5.74) is 0.850. The number of ether oxygens (including phenoxy) is 1. The van der Waals surface area contributed by atoms with E-state index in [0.717, 1.165) is 44.8 Å². The Bertz CT molecular complexity index is 664. The summed E-state index contributed by atoms with van der Waals surface area (Å²) in [5.74, 6) is 0.149. The van der Waals surface area contributed by atoms with Crippen molar-refractivity contribution in [1.29, 1.82) is 0 Å². The van der Waals surface area contributed by atoms with E-state index in [-0.39, 0.29) is 17.9 Å². The second-order valence-corrected chi connectivity index (χ2v) is 7.62. The quantitative estimate of drug-likeness (QED) is 0.737. The van der Waals surface area contributed by atoms with E-state index in [9.17, 15) is 9.59 Å². The number of morpholine rings is 1. The minimum absolute atomic E-state index is 0.0716. The number of hydrogen-bond acceptors (Lipinski definition) is 4. The Balaban J connectivity index is 1.53. The molecule has 1 atom stereocenters. The molecule has 1 aromatic rings. The standard InChI is InChI=1S/C20H28ClN3O3/c1-16(25)24(9-8-22-10-12-27-13-11-22)18-6-7-23(15-18)20(26)14-17-4-2-3-5-19(17)21/h2-5,18H,6-15H2,1H3. The lowest BCUT2D eigenvalue weighted by Crippen LogP contribution is -2.47. The molecular weight excluding hydrogens is 366 g/mol. The fraction of sp³-hybridized carbons (Fsp3) is 0.600. The molecule has 0 bridgehead atoms. The summed E-state index contributed by atoms with van der Waals surface area (Å²) < 4.78 is 5.38. The van der Waals surface area contributed by atoms with Crippen molar-refractivity contribution in [2.24, 2.45) is 0 Å². The first kappa shape index (κ1) is 20.1. The molecule has 0 N–H and O–H groups in total. The van der Waals surface area contributed by atoms with Crippen LogP contribution in [0, 0.1) is 0 Å². The van der Waals surface area contributed by atoms with Gasteiger partial charge in [-0.2, -0.15) is 0 Å². The van der Waals surface area contributed by atoms with Crippen molar-refractivity contribution in [3.8, 4) is 0 Å². The zero-order valence-electron chi connectivity index (χ0n) is 15.9. The van der Waals surface area contributed by atoms with Crippen molar-refractivity contribution in [3.63, 3.8) is 0 Å². The fourth-order valence-corrected chi connectivity index (χ4v) is 4.01. The van der Waals surface area contributed by atoms with Crippen LogP contribution in [-0.2, 0) is 20.7 Å². The molecule has 3 rings (SSSR count). The number of hydrogen-bond donors (Lipinski definition) is 0. The van der Waals surface area contributed by atoms with Crippen LogP contribution in [0.15, 0.2) is 24.3 Å². The second kappa shape index (κ2) is 9.53. The molecule has 148 valence electrons. The molecule has 1 unspecified atom stereocenters. The number of carbonyl (C=O) groups excluding carboxylic acids is 2. The Morgan fingerprint density at radius 2 is 1.96 bits per heavy atom. The Hall–Kier alpha value is -1.63. The van der Waals surface area contributed by atoms with E-state index < -0.39 is 0 Å². The molecule has 2 saturated heterocycles. The van der Waals surface area contributed by atoms with E-state index in [1.165, 1.54) is 0 Å². The van der Waals surface area contributed by atoms with Gasteiger partial charge >= 0.3 is 0 Å². The van der Waals surface area contributed by atoms with E-state index in [4.69, 9.17) is 16.3 Å². The summed E-state index contributed by atoms with van der Waals surface area (Å²) in [6, 6.07) is 7.54. The lowest BCUT2D eigenvalue weighted by atomic mass is 10.1. The van der Waals surface area contributed by atoms with Crippen molar-refractivity contribution in [3.05, 3.63) is 34.9 Å². The van der Waals surface area contributed by atoms with E-state index in [2.05, 4.69) is 4.90 Å². The Kier molecular flexibility index (Phi) is 7.10. The van der Waals surface area contributed by atoms with Crippen LogP contribution in [0.4, 0.5) is 0 Å². The van der Waals surface area contributed by atoms with E-state index >= 15 is 0 Å². The molecular formula is C20H28ClN3O3. The van der Waals surface area contributed by atoms with Crippen molar-refractivity contribution in [1.82, 2.24) is 14.7 Å². The van der Waals surface area contributed by atoms with Crippen LogP contribution < -0.4 is 0 Å². The van der Waals surface area contributed by atoms with Crippen molar-refractivity contribution in [2.75, 3.05) is 52.5 Å². The van der Waals surface area contributed by atoms with Gasteiger partial charge in [-0.1, -0.05) is 29.8 Å². The first-order valence-corrected chi connectivity index (χ1v) is 10.0. The third-order valence-corrected chi connectivity index (χ3v) is 5.79. The van der Waals surface area contributed by atoms with Gasteiger partial charge in [0, 0.05) is 51.2 Å². The van der Waals surface area contributed by atoms with Gasteiger partial charge in [0.15, 0.2) is 0 Å². The summed E-state index contributed by atoms with van der Waals surface area (Å²) in [6.45, 7) is 7.81. The molecule has 0 aromatic heterocycles. The zero-order valence-corrected chi connectivity index (χ0v) is 16.7. The summed E-state index contributed by atoms with van der Waals surface area (Å²) >= 11 is 6.17. The van der Waals surface area contributed by atoms with Gasteiger partial charge in [-0.25, -0.2) is 0 Å².